The number of ether oxygens (including phenoxy) is 2. The van der Waals surface area contributed by atoms with Crippen LogP contribution in [0.25, 0.3) is 0 Å². The van der Waals surface area contributed by atoms with Gasteiger partial charge in [-0.05, 0) is 19.1 Å². The third kappa shape index (κ3) is 4.87. The van der Waals surface area contributed by atoms with Crippen molar-refractivity contribution in [3.05, 3.63) is 30.1 Å². The van der Waals surface area contributed by atoms with E-state index in [0.717, 1.165) is 0 Å². The highest BCUT2D eigenvalue weighted by Gasteiger charge is 2.20. The normalized spacial score (nSPS) is 11.6. The molecule has 1 aromatic rings. The summed E-state index contributed by atoms with van der Waals surface area (Å²) in [6.07, 6.45) is -0.648. The van der Waals surface area contributed by atoms with Gasteiger partial charge in [0.15, 0.2) is 6.10 Å². The number of benzene rings is 1. The number of rotatable bonds is 6. The zero-order chi connectivity index (χ0) is 15.1. The van der Waals surface area contributed by atoms with Crippen LogP contribution in [-0.2, 0) is 14.3 Å². The van der Waals surface area contributed by atoms with Crippen LogP contribution in [0.2, 0.25) is 0 Å². The standard InChI is InChI=1S/C14H18FNO4/c1-10(20-12-6-4-5-11(15)9-12)14(18)16(2)8-7-13(17)19-3/h4-6,9-10H,7-8H2,1-3H3. The van der Waals surface area contributed by atoms with Gasteiger partial charge in [-0.25, -0.2) is 4.39 Å². The third-order valence-electron chi connectivity index (χ3n) is 2.71. The molecule has 5 nitrogen and oxygen atoms in total. The molecule has 0 spiro atoms. The van der Waals surface area contributed by atoms with Crippen molar-refractivity contribution in [2.24, 2.45) is 0 Å². The maximum Gasteiger partial charge on any atom is 0.307 e. The highest BCUT2D eigenvalue weighted by molar-refractivity contribution is 5.81. The summed E-state index contributed by atoms with van der Waals surface area (Å²) in [4.78, 5) is 24.4. The predicted octanol–water partition coefficient (Wildman–Crippen LogP) is 1.61. The Labute approximate surface area is 117 Å². The fourth-order valence-electron chi connectivity index (χ4n) is 1.58. The lowest BCUT2D eigenvalue weighted by Gasteiger charge is -2.21. The number of amides is 1. The monoisotopic (exact) mass is 283 g/mol. The van der Waals surface area contributed by atoms with Gasteiger partial charge < -0.3 is 14.4 Å². The molecule has 1 rings (SSSR count). The topological polar surface area (TPSA) is 55.8 Å². The van der Waals surface area contributed by atoms with Gasteiger partial charge in [-0.15, -0.1) is 0 Å². The number of methoxy groups -OCH3 is 1. The summed E-state index contributed by atoms with van der Waals surface area (Å²) < 4.78 is 22.9. The highest BCUT2D eigenvalue weighted by atomic mass is 19.1. The van der Waals surface area contributed by atoms with E-state index in [-0.39, 0.29) is 30.6 Å². The van der Waals surface area contributed by atoms with E-state index in [1.54, 1.807) is 20.0 Å². The van der Waals surface area contributed by atoms with Gasteiger partial charge in [0.05, 0.1) is 13.5 Å². The van der Waals surface area contributed by atoms with Gasteiger partial charge in [0.2, 0.25) is 0 Å². The Balaban J connectivity index is 2.51. The Bertz CT molecular complexity index is 478. The summed E-state index contributed by atoms with van der Waals surface area (Å²) in [5.74, 6) is -0.824. The first kappa shape index (κ1) is 15.9. The Morgan fingerprint density at radius 3 is 2.70 bits per heavy atom. The van der Waals surface area contributed by atoms with Crippen molar-refractivity contribution in [1.82, 2.24) is 4.90 Å². The lowest BCUT2D eigenvalue weighted by molar-refractivity contribution is -0.142. The SMILES string of the molecule is COC(=O)CCN(C)C(=O)C(C)Oc1cccc(F)c1. The molecule has 20 heavy (non-hydrogen) atoms. The number of likely N-dealkylation sites (N-methyl/N-ethyl adjacent to an activating group) is 1. The molecule has 1 amide bonds. The van der Waals surface area contributed by atoms with Gasteiger partial charge in [-0.2, -0.15) is 0 Å². The Hall–Kier alpha value is -2.11. The largest absolute Gasteiger partial charge is 0.481 e. The molecule has 0 bridgehead atoms. The van der Waals surface area contributed by atoms with E-state index >= 15 is 0 Å². The van der Waals surface area contributed by atoms with Crippen molar-refractivity contribution < 1.29 is 23.5 Å². The smallest absolute Gasteiger partial charge is 0.307 e. The zero-order valence-electron chi connectivity index (χ0n) is 11.8. The molecule has 0 saturated heterocycles. The maximum atomic E-state index is 13.0. The number of halogens is 1. The van der Waals surface area contributed by atoms with Crippen molar-refractivity contribution in [2.75, 3.05) is 20.7 Å². The molecule has 0 aromatic heterocycles. The van der Waals surface area contributed by atoms with E-state index in [0.29, 0.717) is 0 Å². The van der Waals surface area contributed by atoms with Gasteiger partial charge in [0, 0.05) is 19.7 Å². The fraction of sp³-hybridized carbons (Fsp3) is 0.429. The first-order valence-corrected chi connectivity index (χ1v) is 6.18. The summed E-state index contributed by atoms with van der Waals surface area (Å²) >= 11 is 0. The molecule has 1 aromatic carbocycles. The van der Waals surface area contributed by atoms with Crippen LogP contribution >= 0.6 is 0 Å². The molecule has 0 aliphatic carbocycles. The second-order valence-corrected chi connectivity index (χ2v) is 4.30. The van der Waals surface area contributed by atoms with Crippen molar-refractivity contribution in [3.8, 4) is 5.75 Å². The quantitative estimate of drug-likeness (QED) is 0.744. The van der Waals surface area contributed by atoms with E-state index in [2.05, 4.69) is 4.74 Å². The van der Waals surface area contributed by atoms with Crippen LogP contribution in [0.15, 0.2) is 24.3 Å². The van der Waals surface area contributed by atoms with Gasteiger partial charge in [0.1, 0.15) is 11.6 Å². The Kier molecular flexibility index (Phi) is 5.96. The summed E-state index contributed by atoms with van der Waals surface area (Å²) in [7, 11) is 2.86. The predicted molar refractivity (Wildman–Crippen MR) is 70.8 cm³/mol. The second kappa shape index (κ2) is 7.47. The van der Waals surface area contributed by atoms with Crippen molar-refractivity contribution in [2.45, 2.75) is 19.4 Å². The summed E-state index contributed by atoms with van der Waals surface area (Å²) in [5, 5.41) is 0. The molecule has 110 valence electrons. The second-order valence-electron chi connectivity index (χ2n) is 4.30. The zero-order valence-corrected chi connectivity index (χ0v) is 11.8. The first-order chi connectivity index (χ1) is 9.43. The molecule has 0 N–H and O–H groups in total. The Morgan fingerprint density at radius 2 is 2.10 bits per heavy atom. The highest BCUT2D eigenvalue weighted by Crippen LogP contribution is 2.14. The number of esters is 1. The van der Waals surface area contributed by atoms with E-state index in [1.165, 1.54) is 30.2 Å². The van der Waals surface area contributed by atoms with Crippen LogP contribution in [0.5, 0.6) is 5.75 Å². The molecule has 0 aliphatic heterocycles. The molecule has 0 aliphatic rings. The average Bonchev–Trinajstić information content (AvgIpc) is 2.43. The van der Waals surface area contributed by atoms with E-state index in [9.17, 15) is 14.0 Å². The molecule has 0 fully saturated rings. The van der Waals surface area contributed by atoms with Crippen LogP contribution in [0.1, 0.15) is 13.3 Å². The first-order valence-electron chi connectivity index (χ1n) is 6.18. The van der Waals surface area contributed by atoms with Gasteiger partial charge in [0.25, 0.3) is 5.91 Å². The van der Waals surface area contributed by atoms with E-state index in [1.807, 2.05) is 0 Å². The van der Waals surface area contributed by atoms with Gasteiger partial charge in [-0.1, -0.05) is 6.07 Å². The maximum absolute atomic E-state index is 13.0. The van der Waals surface area contributed by atoms with E-state index in [4.69, 9.17) is 4.74 Å². The van der Waals surface area contributed by atoms with Crippen LogP contribution in [-0.4, -0.2) is 43.6 Å². The van der Waals surface area contributed by atoms with Crippen LogP contribution in [0.3, 0.4) is 0 Å². The lowest BCUT2D eigenvalue weighted by atomic mass is 10.3. The van der Waals surface area contributed by atoms with Gasteiger partial charge >= 0.3 is 5.97 Å². The lowest BCUT2D eigenvalue weighted by Crippen LogP contribution is -2.39. The number of hydrogen-bond donors (Lipinski definition) is 0. The molecule has 0 radical (unpaired) electrons. The van der Waals surface area contributed by atoms with Gasteiger partial charge in [-0.3, -0.25) is 9.59 Å². The van der Waals surface area contributed by atoms with Crippen LogP contribution < -0.4 is 4.74 Å². The number of carbonyl (C=O) groups excluding carboxylic acids is 2. The van der Waals surface area contributed by atoms with Crippen molar-refractivity contribution >= 4 is 11.9 Å². The molecular formula is C14H18FNO4. The van der Waals surface area contributed by atoms with Crippen LogP contribution in [0, 0.1) is 5.82 Å². The minimum atomic E-state index is -0.764. The number of nitrogens with zero attached hydrogens (tertiary/aromatic N) is 1. The fourth-order valence-corrected chi connectivity index (χ4v) is 1.58. The third-order valence-corrected chi connectivity index (χ3v) is 2.71. The molecule has 1 unspecified atom stereocenters. The molecule has 0 saturated carbocycles. The van der Waals surface area contributed by atoms with Crippen LogP contribution in [0.4, 0.5) is 4.39 Å². The van der Waals surface area contributed by atoms with Crippen molar-refractivity contribution in [3.63, 3.8) is 0 Å². The minimum Gasteiger partial charge on any atom is -0.481 e. The molecule has 0 heterocycles. The summed E-state index contributed by atoms with van der Waals surface area (Å²) in [5.41, 5.74) is 0. The summed E-state index contributed by atoms with van der Waals surface area (Å²) in [6.45, 7) is 1.81. The molecular weight excluding hydrogens is 265 g/mol. The number of hydrogen-bond acceptors (Lipinski definition) is 4. The Morgan fingerprint density at radius 1 is 1.40 bits per heavy atom. The van der Waals surface area contributed by atoms with Crippen molar-refractivity contribution in [1.29, 1.82) is 0 Å². The molecule has 6 heteroatoms. The number of carbonyl (C=O) groups is 2. The minimum absolute atomic E-state index is 0.116. The summed E-state index contributed by atoms with van der Waals surface area (Å²) in [6, 6.07) is 5.57. The van der Waals surface area contributed by atoms with E-state index < -0.39 is 11.9 Å². The average molecular weight is 283 g/mol. The molecule has 1 atom stereocenters.